The number of thioether (sulfide) groups is 3. The third kappa shape index (κ3) is 6.23. The Morgan fingerprint density at radius 1 is 1.28 bits per heavy atom. The number of carbonyl (C=O) groups excluding carboxylic acids is 2. The van der Waals surface area contributed by atoms with Gasteiger partial charge in [0.2, 0.25) is 11.1 Å². The van der Waals surface area contributed by atoms with E-state index in [2.05, 4.69) is 26.0 Å². The maximum absolute atomic E-state index is 13.3. The van der Waals surface area contributed by atoms with Gasteiger partial charge in [-0.25, -0.2) is 9.48 Å². The summed E-state index contributed by atoms with van der Waals surface area (Å²) in [5.41, 5.74) is -1.40. The number of tetrazole rings is 1. The summed E-state index contributed by atoms with van der Waals surface area (Å²) < 4.78 is 41.7. The van der Waals surface area contributed by atoms with Gasteiger partial charge in [0, 0.05) is 31.7 Å². The Morgan fingerprint density at radius 3 is 2.72 bits per heavy atom. The fourth-order valence-corrected chi connectivity index (χ4v) is 8.20. The minimum Gasteiger partial charge on any atom is -0.477 e. The molecular formula is C23H23N7O9S4. The van der Waals surface area contributed by atoms with Crippen molar-refractivity contribution < 1.29 is 41.4 Å². The van der Waals surface area contributed by atoms with Crippen LogP contribution in [0.3, 0.4) is 0 Å². The van der Waals surface area contributed by atoms with Gasteiger partial charge in [-0.15, -0.1) is 28.6 Å². The topological polar surface area (TPSA) is 209 Å². The van der Waals surface area contributed by atoms with Crippen LogP contribution in [0.2, 0.25) is 0 Å². The number of carboxylic acid groups (broad SMARTS) is 1. The van der Waals surface area contributed by atoms with Crippen molar-refractivity contribution in [1.29, 1.82) is 0 Å². The summed E-state index contributed by atoms with van der Waals surface area (Å²) in [6.45, 7) is 0. The molecule has 2 N–H and O–H groups in total. The molecule has 1 aromatic carbocycles. The molecule has 2 aliphatic rings. The number of aromatic nitrogens is 5. The third-order valence-corrected chi connectivity index (χ3v) is 10.8. The van der Waals surface area contributed by atoms with Crippen LogP contribution in [-0.2, 0) is 42.0 Å². The monoisotopic (exact) mass is 669 g/mol. The summed E-state index contributed by atoms with van der Waals surface area (Å²) in [5, 5.41) is 27.0. The number of rotatable bonds is 13. The van der Waals surface area contributed by atoms with Gasteiger partial charge in [0.25, 0.3) is 17.5 Å². The van der Waals surface area contributed by atoms with Gasteiger partial charge in [-0.2, -0.15) is 8.42 Å². The van der Waals surface area contributed by atoms with Crippen LogP contribution < -0.4 is 9.50 Å². The van der Waals surface area contributed by atoms with Crippen LogP contribution in [0, 0.1) is 0 Å². The SMILES string of the molecule is CO[C@@]1(NC(=O)CSCc2cc(OS(=O)(=O)c3ccccc3)no2)C(=O)N2C(C(=O)O)=C(CSc3nnnn3C)CS[C@@H]21. The second kappa shape index (κ2) is 12.6. The number of ether oxygens (including phenoxy) is 1. The predicted octanol–water partition coefficient (Wildman–Crippen LogP) is 0.704. The molecule has 2 amide bonds. The first kappa shape index (κ1) is 30.9. The van der Waals surface area contributed by atoms with Crippen molar-refractivity contribution in [2.24, 2.45) is 7.05 Å². The molecule has 0 aliphatic carbocycles. The van der Waals surface area contributed by atoms with E-state index in [1.165, 1.54) is 53.5 Å². The van der Waals surface area contributed by atoms with Crippen LogP contribution in [0.15, 0.2) is 62.2 Å². The van der Waals surface area contributed by atoms with Crippen LogP contribution in [0.1, 0.15) is 5.76 Å². The molecular weight excluding hydrogens is 647 g/mol. The lowest BCUT2D eigenvalue weighted by molar-refractivity contribution is -0.192. The Morgan fingerprint density at radius 2 is 2.05 bits per heavy atom. The molecule has 1 fully saturated rings. The van der Waals surface area contributed by atoms with E-state index in [0.717, 1.165) is 16.7 Å². The Balaban J connectivity index is 1.17. The summed E-state index contributed by atoms with van der Waals surface area (Å²) in [6.07, 6.45) is 0. The first-order valence-corrected chi connectivity index (χ1v) is 16.8. The van der Waals surface area contributed by atoms with E-state index in [4.69, 9.17) is 13.4 Å². The highest BCUT2D eigenvalue weighted by atomic mass is 32.2. The van der Waals surface area contributed by atoms with Gasteiger partial charge in [0.05, 0.1) is 11.5 Å². The van der Waals surface area contributed by atoms with Gasteiger partial charge in [-0.05, 0) is 33.3 Å². The summed E-state index contributed by atoms with van der Waals surface area (Å²) in [5.74, 6) is -1.98. The fraction of sp³-hybridized carbons (Fsp3) is 0.348. The number of nitrogens with zero attached hydrogens (tertiary/aromatic N) is 6. The summed E-state index contributed by atoms with van der Waals surface area (Å²) in [6, 6.07) is 8.84. The Bertz CT molecular complexity index is 1680. The Kier molecular flexibility index (Phi) is 9.02. The second-order valence-corrected chi connectivity index (χ2v) is 13.5. The molecule has 228 valence electrons. The van der Waals surface area contributed by atoms with Crippen molar-refractivity contribution in [3.8, 4) is 5.88 Å². The number of aliphatic carboxylic acids is 1. The fourth-order valence-electron chi connectivity index (χ4n) is 4.19. The van der Waals surface area contributed by atoms with Crippen molar-refractivity contribution in [3.63, 3.8) is 0 Å². The number of fused-ring (bicyclic) bond motifs is 1. The molecule has 0 radical (unpaired) electrons. The van der Waals surface area contributed by atoms with E-state index in [9.17, 15) is 27.9 Å². The standard InChI is InChI=1S/C23H23N7O9S4/c1-29-22(25-27-28-29)42-10-13-9-41-21-23(37-2,20(34)30(21)18(13)19(32)33)24-16(31)12-40-11-14-8-17(26-38-14)39-43(35,36)15-6-4-3-5-7-15/h3-8,21H,9-12H2,1-2H3,(H,24,31)(H,32,33)/t21-,23+/m1/s1. The van der Waals surface area contributed by atoms with Crippen LogP contribution in [0.25, 0.3) is 0 Å². The van der Waals surface area contributed by atoms with Crippen LogP contribution in [-0.4, -0.2) is 97.0 Å². The summed E-state index contributed by atoms with van der Waals surface area (Å²) in [7, 11) is -1.17. The number of nitrogens with one attached hydrogen (secondary N) is 1. The number of carbonyl (C=O) groups is 3. The number of methoxy groups -OCH3 is 1. The number of carboxylic acids is 1. The average molecular weight is 670 g/mol. The molecule has 0 spiro atoms. The van der Waals surface area contributed by atoms with Gasteiger partial charge in [-0.1, -0.05) is 30.0 Å². The van der Waals surface area contributed by atoms with E-state index in [-0.39, 0.29) is 45.2 Å². The van der Waals surface area contributed by atoms with Gasteiger partial charge >= 0.3 is 16.1 Å². The van der Waals surface area contributed by atoms with Crippen LogP contribution >= 0.6 is 35.3 Å². The van der Waals surface area contributed by atoms with E-state index < -0.39 is 39.0 Å². The lowest BCUT2D eigenvalue weighted by Crippen LogP contribution is -2.80. The molecule has 16 nitrogen and oxygen atoms in total. The first-order valence-electron chi connectivity index (χ1n) is 12.2. The second-order valence-electron chi connectivity index (χ2n) is 8.93. The van der Waals surface area contributed by atoms with E-state index in [0.29, 0.717) is 10.7 Å². The molecule has 5 rings (SSSR count). The Hall–Kier alpha value is -3.59. The number of hydrogen-bond donors (Lipinski definition) is 2. The average Bonchev–Trinajstić information content (AvgIpc) is 3.61. The third-order valence-electron chi connectivity index (χ3n) is 6.16. The highest BCUT2D eigenvalue weighted by Gasteiger charge is 2.66. The van der Waals surface area contributed by atoms with E-state index in [1.807, 2.05) is 0 Å². The molecule has 2 aliphatic heterocycles. The zero-order valence-corrected chi connectivity index (χ0v) is 25.7. The quantitative estimate of drug-likeness (QED) is 0.111. The molecule has 3 aromatic rings. The number of amides is 2. The molecule has 2 atom stereocenters. The summed E-state index contributed by atoms with van der Waals surface area (Å²) >= 11 is 3.61. The normalized spacial score (nSPS) is 20.0. The molecule has 1 saturated heterocycles. The number of hydrogen-bond acceptors (Lipinski definition) is 15. The smallest absolute Gasteiger partial charge is 0.352 e. The van der Waals surface area contributed by atoms with E-state index in [1.54, 1.807) is 25.2 Å². The van der Waals surface area contributed by atoms with Crippen molar-refractivity contribution in [2.45, 2.75) is 26.9 Å². The first-order chi connectivity index (χ1) is 20.6. The van der Waals surface area contributed by atoms with Crippen molar-refractivity contribution in [3.05, 3.63) is 53.4 Å². The minimum atomic E-state index is -4.09. The van der Waals surface area contributed by atoms with Crippen molar-refractivity contribution >= 4 is 63.2 Å². The highest BCUT2D eigenvalue weighted by Crippen LogP contribution is 2.47. The maximum atomic E-state index is 13.3. The van der Waals surface area contributed by atoms with E-state index >= 15 is 0 Å². The number of aryl methyl sites for hydroxylation is 1. The molecule has 0 saturated carbocycles. The zero-order valence-electron chi connectivity index (χ0n) is 22.4. The lowest BCUT2D eigenvalue weighted by Gasteiger charge is -2.55. The molecule has 2 aromatic heterocycles. The molecule has 0 bridgehead atoms. The molecule has 4 heterocycles. The van der Waals surface area contributed by atoms with Gasteiger partial charge in [0.1, 0.15) is 16.0 Å². The largest absolute Gasteiger partial charge is 0.477 e. The van der Waals surface area contributed by atoms with Crippen molar-refractivity contribution in [1.82, 2.24) is 35.6 Å². The zero-order chi connectivity index (χ0) is 30.8. The predicted molar refractivity (Wildman–Crippen MR) is 152 cm³/mol. The highest BCUT2D eigenvalue weighted by molar-refractivity contribution is 8.01. The number of benzene rings is 1. The van der Waals surface area contributed by atoms with Crippen molar-refractivity contribution in [2.75, 3.05) is 24.4 Å². The Labute approximate surface area is 257 Å². The number of β-lactam (4-membered cyclic amide) rings is 1. The van der Waals surface area contributed by atoms with Gasteiger partial charge in [0.15, 0.2) is 5.76 Å². The van der Waals surface area contributed by atoms with Crippen LogP contribution in [0.4, 0.5) is 0 Å². The minimum absolute atomic E-state index is 0.0431. The van der Waals surface area contributed by atoms with Gasteiger partial charge in [-0.3, -0.25) is 14.5 Å². The lowest BCUT2D eigenvalue weighted by atomic mass is 9.98. The summed E-state index contributed by atoms with van der Waals surface area (Å²) in [4.78, 5) is 39.4. The molecule has 0 unspecified atom stereocenters. The van der Waals surface area contributed by atoms with Gasteiger partial charge < -0.3 is 23.9 Å². The maximum Gasteiger partial charge on any atom is 0.352 e. The molecule has 20 heteroatoms. The van der Waals surface area contributed by atoms with Crippen LogP contribution in [0.5, 0.6) is 5.88 Å². The molecule has 43 heavy (non-hydrogen) atoms.